The minimum atomic E-state index is -0.420. The fourth-order valence-electron chi connectivity index (χ4n) is 4.56. The van der Waals surface area contributed by atoms with Gasteiger partial charge in [0.05, 0.1) is 18.4 Å². The van der Waals surface area contributed by atoms with Gasteiger partial charge in [-0.15, -0.1) is 0 Å². The van der Waals surface area contributed by atoms with Crippen LogP contribution >= 0.6 is 0 Å². The lowest BCUT2D eigenvalue weighted by molar-refractivity contribution is 0.0710. The van der Waals surface area contributed by atoms with Crippen molar-refractivity contribution in [3.05, 3.63) is 94.6 Å². The van der Waals surface area contributed by atoms with E-state index in [9.17, 15) is 14.0 Å². The predicted octanol–water partition coefficient (Wildman–Crippen LogP) is 4.53. The van der Waals surface area contributed by atoms with Crippen molar-refractivity contribution in [3.63, 3.8) is 0 Å². The molecule has 0 bridgehead atoms. The number of methoxy groups -OCH3 is 1. The number of piperidine rings is 1. The van der Waals surface area contributed by atoms with E-state index in [1.165, 1.54) is 12.1 Å². The first kappa shape index (κ1) is 24.4. The second kappa shape index (κ2) is 11.1. The van der Waals surface area contributed by atoms with Crippen LogP contribution in [0.3, 0.4) is 0 Å². The van der Waals surface area contributed by atoms with Crippen LogP contribution in [0.15, 0.2) is 60.7 Å². The number of para-hydroxylation sites is 1. The lowest BCUT2D eigenvalue weighted by Crippen LogP contribution is -2.38. The summed E-state index contributed by atoms with van der Waals surface area (Å²) in [7, 11) is 1.64. The first-order chi connectivity index (χ1) is 17.0. The number of ether oxygens (including phenoxy) is 1. The van der Waals surface area contributed by atoms with Crippen molar-refractivity contribution < 1.29 is 18.7 Å². The van der Waals surface area contributed by atoms with Crippen molar-refractivity contribution in [3.8, 4) is 5.75 Å². The number of rotatable bonds is 7. The Balaban J connectivity index is 1.40. The highest BCUT2D eigenvalue weighted by Crippen LogP contribution is 2.30. The summed E-state index contributed by atoms with van der Waals surface area (Å²) in [5, 5.41) is 3.02. The Morgan fingerprint density at radius 2 is 1.86 bits per heavy atom. The molecule has 0 atom stereocenters. The summed E-state index contributed by atoms with van der Waals surface area (Å²) in [5.41, 5.74) is 3.59. The number of aromatic nitrogens is 1. The van der Waals surface area contributed by atoms with E-state index in [1.54, 1.807) is 24.1 Å². The topological polar surface area (TPSA) is 71.5 Å². The average molecular weight is 476 g/mol. The summed E-state index contributed by atoms with van der Waals surface area (Å²) >= 11 is 0. The summed E-state index contributed by atoms with van der Waals surface area (Å²) in [4.78, 5) is 32.3. The first-order valence-corrected chi connectivity index (χ1v) is 11.9. The summed E-state index contributed by atoms with van der Waals surface area (Å²) in [6, 6.07) is 17.2. The van der Waals surface area contributed by atoms with Gasteiger partial charge in [-0.1, -0.05) is 24.3 Å². The highest BCUT2D eigenvalue weighted by atomic mass is 19.1. The van der Waals surface area contributed by atoms with Crippen LogP contribution < -0.4 is 10.1 Å². The van der Waals surface area contributed by atoms with Crippen molar-refractivity contribution in [2.45, 2.75) is 32.1 Å². The van der Waals surface area contributed by atoms with E-state index in [4.69, 9.17) is 9.72 Å². The summed E-state index contributed by atoms with van der Waals surface area (Å²) in [5.74, 6) is 0.131. The molecule has 0 aliphatic carbocycles. The molecule has 6 nitrogen and oxygen atoms in total. The number of hydrogen-bond acceptors (Lipinski definition) is 4. The van der Waals surface area contributed by atoms with Gasteiger partial charge >= 0.3 is 0 Å². The minimum Gasteiger partial charge on any atom is -0.496 e. The number of aryl methyl sites for hydroxylation is 1. The molecule has 2 heterocycles. The quantitative estimate of drug-likeness (QED) is 0.545. The molecule has 0 spiro atoms. The van der Waals surface area contributed by atoms with Gasteiger partial charge in [0, 0.05) is 36.8 Å². The number of hydrogen-bond donors (Lipinski definition) is 1. The third-order valence-corrected chi connectivity index (χ3v) is 6.42. The molecule has 0 unspecified atom stereocenters. The molecule has 3 aromatic rings. The number of carbonyl (C=O) groups is 2. The fourth-order valence-corrected chi connectivity index (χ4v) is 4.56. The van der Waals surface area contributed by atoms with Gasteiger partial charge in [-0.25, -0.2) is 4.39 Å². The maximum absolute atomic E-state index is 13.5. The van der Waals surface area contributed by atoms with Gasteiger partial charge in [0.25, 0.3) is 11.8 Å². The Labute approximate surface area is 205 Å². The normalized spacial score (nSPS) is 14.0. The second-order valence-corrected chi connectivity index (χ2v) is 8.78. The Morgan fingerprint density at radius 3 is 2.60 bits per heavy atom. The van der Waals surface area contributed by atoms with E-state index in [0.29, 0.717) is 50.0 Å². The van der Waals surface area contributed by atoms with E-state index < -0.39 is 5.82 Å². The molecule has 1 fully saturated rings. The van der Waals surface area contributed by atoms with Gasteiger partial charge in [-0.05, 0) is 68.1 Å². The zero-order chi connectivity index (χ0) is 24.8. The van der Waals surface area contributed by atoms with Crippen LogP contribution in [-0.2, 0) is 6.42 Å². The van der Waals surface area contributed by atoms with Crippen LogP contribution in [0.4, 0.5) is 4.39 Å². The molecule has 1 aliphatic rings. The van der Waals surface area contributed by atoms with Crippen molar-refractivity contribution in [2.75, 3.05) is 26.7 Å². The minimum absolute atomic E-state index is 0.0708. The van der Waals surface area contributed by atoms with E-state index in [-0.39, 0.29) is 17.7 Å². The molecule has 2 aromatic carbocycles. The number of benzene rings is 2. The van der Waals surface area contributed by atoms with Crippen molar-refractivity contribution >= 4 is 11.8 Å². The number of nitrogens with one attached hydrogen (secondary N) is 1. The predicted molar refractivity (Wildman–Crippen MR) is 132 cm³/mol. The molecule has 2 amide bonds. The van der Waals surface area contributed by atoms with Crippen LogP contribution in [0.2, 0.25) is 0 Å². The Bertz CT molecular complexity index is 1210. The Morgan fingerprint density at radius 1 is 1.09 bits per heavy atom. The molecule has 4 rings (SSSR count). The second-order valence-electron chi connectivity index (χ2n) is 8.78. The van der Waals surface area contributed by atoms with E-state index in [1.807, 2.05) is 43.3 Å². The van der Waals surface area contributed by atoms with Gasteiger partial charge in [0.15, 0.2) is 0 Å². The number of pyridine rings is 1. The van der Waals surface area contributed by atoms with Crippen LogP contribution in [0, 0.1) is 12.7 Å². The van der Waals surface area contributed by atoms with Crippen LogP contribution in [0.25, 0.3) is 0 Å². The fraction of sp³-hybridized carbons (Fsp3) is 0.321. The number of halogens is 1. The maximum atomic E-state index is 13.5. The molecule has 1 N–H and O–H groups in total. The van der Waals surface area contributed by atoms with Gasteiger partial charge in [-0.2, -0.15) is 0 Å². The summed E-state index contributed by atoms with van der Waals surface area (Å²) in [6.07, 6.45) is 2.04. The molecule has 182 valence electrons. The van der Waals surface area contributed by atoms with E-state index >= 15 is 0 Å². The van der Waals surface area contributed by atoms with Gasteiger partial charge in [-0.3, -0.25) is 14.6 Å². The van der Waals surface area contributed by atoms with Crippen molar-refractivity contribution in [1.82, 2.24) is 15.2 Å². The molecule has 0 saturated carbocycles. The third kappa shape index (κ3) is 5.85. The third-order valence-electron chi connectivity index (χ3n) is 6.42. The number of carbonyl (C=O) groups excluding carboxylic acids is 2. The van der Waals surface area contributed by atoms with E-state index in [2.05, 4.69) is 5.32 Å². The molecule has 1 aliphatic heterocycles. The molecule has 0 radical (unpaired) electrons. The summed E-state index contributed by atoms with van der Waals surface area (Å²) in [6.45, 7) is 3.46. The SMILES string of the molecule is COc1ccccc1CCNC(=O)c1ccc(C)nc1C1CCN(C(=O)c2cccc(F)c2)CC1. The van der Waals surface area contributed by atoms with Gasteiger partial charge in [0.2, 0.25) is 0 Å². The van der Waals surface area contributed by atoms with Gasteiger partial charge in [0.1, 0.15) is 11.6 Å². The largest absolute Gasteiger partial charge is 0.496 e. The number of nitrogens with zero attached hydrogens (tertiary/aromatic N) is 2. The molecule has 1 aromatic heterocycles. The van der Waals surface area contributed by atoms with Crippen LogP contribution in [0.5, 0.6) is 5.75 Å². The Kier molecular flexibility index (Phi) is 7.75. The lowest BCUT2D eigenvalue weighted by Gasteiger charge is -2.32. The monoisotopic (exact) mass is 475 g/mol. The highest BCUT2D eigenvalue weighted by Gasteiger charge is 2.28. The average Bonchev–Trinajstić information content (AvgIpc) is 2.88. The summed E-state index contributed by atoms with van der Waals surface area (Å²) < 4.78 is 18.9. The highest BCUT2D eigenvalue weighted by molar-refractivity contribution is 5.96. The molecular formula is C28H30FN3O3. The first-order valence-electron chi connectivity index (χ1n) is 11.9. The van der Waals surface area contributed by atoms with E-state index in [0.717, 1.165) is 22.7 Å². The molecule has 7 heteroatoms. The smallest absolute Gasteiger partial charge is 0.253 e. The van der Waals surface area contributed by atoms with Crippen LogP contribution in [0.1, 0.15) is 56.4 Å². The zero-order valence-corrected chi connectivity index (χ0v) is 20.1. The van der Waals surface area contributed by atoms with Crippen molar-refractivity contribution in [2.24, 2.45) is 0 Å². The standard InChI is InChI=1S/C28H30FN3O3/c1-19-10-11-24(27(33)30-15-12-20-6-3-4-9-25(20)35-2)26(31-19)21-13-16-32(17-14-21)28(34)22-7-5-8-23(29)18-22/h3-11,18,21H,12-17H2,1-2H3,(H,30,33). The number of likely N-dealkylation sites (tertiary alicyclic amines) is 1. The Hall–Kier alpha value is -3.74. The molecular weight excluding hydrogens is 445 g/mol. The molecule has 35 heavy (non-hydrogen) atoms. The molecule has 1 saturated heterocycles. The maximum Gasteiger partial charge on any atom is 0.253 e. The van der Waals surface area contributed by atoms with Gasteiger partial charge < -0.3 is 15.0 Å². The van der Waals surface area contributed by atoms with Crippen LogP contribution in [-0.4, -0.2) is 48.4 Å². The zero-order valence-electron chi connectivity index (χ0n) is 20.1. The lowest BCUT2D eigenvalue weighted by atomic mass is 9.89. The number of amides is 2. The van der Waals surface area contributed by atoms with Crippen molar-refractivity contribution in [1.29, 1.82) is 0 Å².